The number of nitrogens with zero attached hydrogens (tertiary/aromatic N) is 1. The molecule has 1 atom stereocenters. The van der Waals surface area contributed by atoms with Crippen molar-refractivity contribution in [3.63, 3.8) is 0 Å². The molecule has 0 aliphatic carbocycles. The summed E-state index contributed by atoms with van der Waals surface area (Å²) >= 11 is 0. The topological polar surface area (TPSA) is 89.9 Å². The zero-order valence-electron chi connectivity index (χ0n) is 7.72. The van der Waals surface area contributed by atoms with Crippen molar-refractivity contribution in [1.82, 2.24) is 10.2 Å². The highest BCUT2D eigenvalue weighted by Gasteiger charge is 2.36. The molecule has 0 bridgehead atoms. The first-order chi connectivity index (χ1) is 6.66. The number of hydrogen-bond acceptors (Lipinski definition) is 4. The molecule has 0 aromatic rings. The first-order valence-electron chi connectivity index (χ1n) is 4.49. The van der Waals surface area contributed by atoms with Crippen LogP contribution in [0.1, 0.15) is 12.8 Å². The SMILES string of the molecule is O=CNCC(=O)N1CCCC1B(O)O. The van der Waals surface area contributed by atoms with Gasteiger partial charge in [-0.15, -0.1) is 0 Å². The van der Waals surface area contributed by atoms with Gasteiger partial charge in [-0.1, -0.05) is 0 Å². The molecule has 7 heteroatoms. The van der Waals surface area contributed by atoms with E-state index in [0.717, 1.165) is 6.42 Å². The molecule has 1 aliphatic heterocycles. The van der Waals surface area contributed by atoms with Crippen molar-refractivity contribution in [2.24, 2.45) is 0 Å². The molecule has 1 unspecified atom stereocenters. The van der Waals surface area contributed by atoms with Gasteiger partial charge in [0, 0.05) is 6.54 Å². The Morgan fingerprint density at radius 1 is 1.64 bits per heavy atom. The lowest BCUT2D eigenvalue weighted by atomic mass is 9.78. The van der Waals surface area contributed by atoms with Crippen molar-refractivity contribution < 1.29 is 19.6 Å². The van der Waals surface area contributed by atoms with Gasteiger partial charge in [0.1, 0.15) is 0 Å². The molecular weight excluding hydrogens is 187 g/mol. The van der Waals surface area contributed by atoms with Crippen LogP contribution in [0.4, 0.5) is 0 Å². The van der Waals surface area contributed by atoms with Crippen LogP contribution in [0.2, 0.25) is 0 Å². The van der Waals surface area contributed by atoms with Crippen molar-refractivity contribution in [1.29, 1.82) is 0 Å². The van der Waals surface area contributed by atoms with Gasteiger partial charge in [0.05, 0.1) is 12.5 Å². The van der Waals surface area contributed by atoms with E-state index in [-0.39, 0.29) is 12.5 Å². The smallest absolute Gasteiger partial charge is 0.426 e. The van der Waals surface area contributed by atoms with Crippen LogP contribution in [-0.2, 0) is 9.59 Å². The third-order valence-corrected chi connectivity index (χ3v) is 2.30. The Hall–Kier alpha value is -1.08. The molecule has 14 heavy (non-hydrogen) atoms. The maximum Gasteiger partial charge on any atom is 0.475 e. The average molecular weight is 200 g/mol. The van der Waals surface area contributed by atoms with Crippen molar-refractivity contribution in [3.05, 3.63) is 0 Å². The lowest BCUT2D eigenvalue weighted by Gasteiger charge is -2.23. The zero-order chi connectivity index (χ0) is 10.6. The predicted octanol–water partition coefficient (Wildman–Crippen LogP) is -2.26. The van der Waals surface area contributed by atoms with Crippen molar-refractivity contribution in [2.45, 2.75) is 18.8 Å². The summed E-state index contributed by atoms with van der Waals surface area (Å²) < 4.78 is 0. The molecule has 1 rings (SSSR count). The van der Waals surface area contributed by atoms with Gasteiger partial charge < -0.3 is 20.3 Å². The maximum atomic E-state index is 11.4. The zero-order valence-corrected chi connectivity index (χ0v) is 7.72. The fraction of sp³-hybridized carbons (Fsp3) is 0.714. The lowest BCUT2D eigenvalue weighted by molar-refractivity contribution is -0.131. The number of rotatable bonds is 4. The van der Waals surface area contributed by atoms with Crippen molar-refractivity contribution >= 4 is 19.4 Å². The second-order valence-electron chi connectivity index (χ2n) is 3.21. The van der Waals surface area contributed by atoms with Crippen LogP contribution >= 0.6 is 0 Å². The van der Waals surface area contributed by atoms with Gasteiger partial charge >= 0.3 is 7.12 Å². The van der Waals surface area contributed by atoms with E-state index in [1.165, 1.54) is 4.90 Å². The molecule has 0 aromatic carbocycles. The van der Waals surface area contributed by atoms with Crippen LogP contribution in [0.25, 0.3) is 0 Å². The summed E-state index contributed by atoms with van der Waals surface area (Å²) in [6, 6.07) is 0. The lowest BCUT2D eigenvalue weighted by Crippen LogP contribution is -2.48. The van der Waals surface area contributed by atoms with Crippen LogP contribution in [0, 0.1) is 0 Å². The van der Waals surface area contributed by atoms with Gasteiger partial charge in [0.25, 0.3) is 0 Å². The number of hydrogen-bond donors (Lipinski definition) is 3. The van der Waals surface area contributed by atoms with Gasteiger partial charge in [-0.25, -0.2) is 0 Å². The second-order valence-corrected chi connectivity index (χ2v) is 3.21. The number of carbonyl (C=O) groups is 2. The van der Waals surface area contributed by atoms with Gasteiger partial charge in [0.2, 0.25) is 12.3 Å². The highest BCUT2D eigenvalue weighted by Crippen LogP contribution is 2.17. The van der Waals surface area contributed by atoms with Gasteiger partial charge in [-0.3, -0.25) is 9.59 Å². The molecule has 0 aromatic heterocycles. The first kappa shape index (κ1) is 11.0. The first-order valence-corrected chi connectivity index (χ1v) is 4.49. The fourth-order valence-electron chi connectivity index (χ4n) is 1.64. The highest BCUT2D eigenvalue weighted by molar-refractivity contribution is 6.43. The van der Waals surface area contributed by atoms with E-state index < -0.39 is 13.1 Å². The van der Waals surface area contributed by atoms with Crippen LogP contribution in [0.15, 0.2) is 0 Å². The normalized spacial score (nSPS) is 20.7. The molecule has 6 nitrogen and oxygen atoms in total. The number of nitrogens with one attached hydrogen (secondary N) is 1. The van der Waals surface area contributed by atoms with Crippen LogP contribution in [0.5, 0.6) is 0 Å². The third-order valence-electron chi connectivity index (χ3n) is 2.30. The summed E-state index contributed by atoms with van der Waals surface area (Å²) in [6.45, 7) is 0.425. The van der Waals surface area contributed by atoms with Crippen LogP contribution < -0.4 is 5.32 Å². The Bertz CT molecular complexity index is 224. The Labute approximate surface area is 82.0 Å². The molecule has 2 amide bonds. The van der Waals surface area contributed by atoms with E-state index in [2.05, 4.69) is 5.32 Å². The monoisotopic (exact) mass is 200 g/mol. The highest BCUT2D eigenvalue weighted by atomic mass is 16.4. The third kappa shape index (κ3) is 2.46. The molecule has 78 valence electrons. The standard InChI is InChI=1S/C7H13BN2O4/c11-5-9-4-7(12)10-3-1-2-6(10)8(13)14/h5-6,13-14H,1-4H2,(H,9,11). The van der Waals surface area contributed by atoms with Gasteiger partial charge in [0.15, 0.2) is 0 Å². The molecule has 0 saturated carbocycles. The van der Waals surface area contributed by atoms with Crippen LogP contribution in [-0.4, -0.2) is 53.4 Å². The minimum absolute atomic E-state index is 0.0906. The molecule has 1 fully saturated rings. The molecule has 1 saturated heterocycles. The Morgan fingerprint density at radius 2 is 2.36 bits per heavy atom. The largest absolute Gasteiger partial charge is 0.475 e. The van der Waals surface area contributed by atoms with Gasteiger partial charge in [-0.2, -0.15) is 0 Å². The van der Waals surface area contributed by atoms with E-state index in [0.29, 0.717) is 19.4 Å². The van der Waals surface area contributed by atoms with Crippen LogP contribution in [0.3, 0.4) is 0 Å². The summed E-state index contributed by atoms with van der Waals surface area (Å²) in [5, 5.41) is 20.2. The quantitative estimate of drug-likeness (QED) is 0.352. The number of amides is 2. The van der Waals surface area contributed by atoms with E-state index >= 15 is 0 Å². The minimum atomic E-state index is -1.50. The van der Waals surface area contributed by atoms with E-state index in [1.54, 1.807) is 0 Å². The van der Waals surface area contributed by atoms with E-state index in [1.807, 2.05) is 0 Å². The molecule has 1 aliphatic rings. The Morgan fingerprint density at radius 3 is 2.93 bits per heavy atom. The maximum absolute atomic E-state index is 11.4. The summed E-state index contributed by atoms with van der Waals surface area (Å²) in [5.74, 6) is -0.816. The van der Waals surface area contributed by atoms with Crippen molar-refractivity contribution in [2.75, 3.05) is 13.1 Å². The number of likely N-dealkylation sites (tertiary alicyclic amines) is 1. The summed E-state index contributed by atoms with van der Waals surface area (Å²) in [5.41, 5.74) is 0. The van der Waals surface area contributed by atoms with E-state index in [4.69, 9.17) is 10.0 Å². The minimum Gasteiger partial charge on any atom is -0.426 e. The molecule has 1 heterocycles. The summed E-state index contributed by atoms with van der Waals surface area (Å²) in [6.07, 6.45) is 1.79. The van der Waals surface area contributed by atoms with E-state index in [9.17, 15) is 9.59 Å². The molecule has 3 N–H and O–H groups in total. The van der Waals surface area contributed by atoms with Gasteiger partial charge in [-0.05, 0) is 12.8 Å². The molecular formula is C7H13BN2O4. The molecule has 0 spiro atoms. The Balaban J connectivity index is 2.49. The summed E-state index contributed by atoms with van der Waals surface area (Å²) in [4.78, 5) is 22.8. The Kier molecular flexibility index (Phi) is 3.90. The average Bonchev–Trinajstić information content (AvgIpc) is 2.62. The molecule has 0 radical (unpaired) electrons. The fourth-order valence-corrected chi connectivity index (χ4v) is 1.64. The summed E-state index contributed by atoms with van der Waals surface area (Å²) in [7, 11) is -1.50. The second kappa shape index (κ2) is 4.97. The number of carbonyl (C=O) groups excluding carboxylic acids is 2. The van der Waals surface area contributed by atoms with Crippen molar-refractivity contribution in [3.8, 4) is 0 Å². The predicted molar refractivity (Wildman–Crippen MR) is 49.0 cm³/mol.